The van der Waals surface area contributed by atoms with Crippen LogP contribution in [0.4, 0.5) is 18.9 Å². The molecule has 1 fully saturated rings. The molecular weight excluding hydrogens is 722 g/mol. The molecule has 2 amide bonds. The zero-order chi connectivity index (χ0) is 36.8. The van der Waals surface area contributed by atoms with Crippen LogP contribution in [0.25, 0.3) is 0 Å². The first-order valence-electron chi connectivity index (χ1n) is 16.6. The quantitative estimate of drug-likeness (QED) is 0.157. The number of carbonyl (C=O) groups is 2. The zero-order valence-corrected chi connectivity index (χ0v) is 30.2. The Balaban J connectivity index is 1.61. The standard InChI is InChI=1S/C38H38Cl2F3N3O4S/c1-26-15-18-32(19-16-26)51(49,50)46(31-14-8-11-29(23-31)38(41,42)43)25-36(47)45(24-28-17-20-33(39)34(40)21-28)35(22-27-9-4-2-5-10-27)37(48)44-30-12-6-3-7-13-30/h2,4-5,8-11,14-21,23,30,35H,3,6-7,12-13,22,24-25H2,1H3,(H,44,48)/t35-/m1/s1. The molecule has 1 N–H and O–H groups in total. The van der Waals surface area contributed by atoms with Gasteiger partial charge >= 0.3 is 6.18 Å². The molecule has 1 saturated carbocycles. The van der Waals surface area contributed by atoms with Crippen molar-refractivity contribution in [3.05, 3.63) is 129 Å². The molecule has 0 aliphatic heterocycles. The summed E-state index contributed by atoms with van der Waals surface area (Å²) < 4.78 is 70.7. The van der Waals surface area contributed by atoms with Gasteiger partial charge < -0.3 is 10.2 Å². The number of carbonyl (C=O) groups excluding carboxylic acids is 2. The van der Waals surface area contributed by atoms with E-state index in [1.54, 1.807) is 49.4 Å². The second kappa shape index (κ2) is 16.5. The molecular formula is C38H38Cl2F3N3O4S. The SMILES string of the molecule is Cc1ccc(S(=O)(=O)N(CC(=O)N(Cc2ccc(Cl)c(Cl)c2)[C@H](Cc2ccccc2)C(=O)NC2CCCCC2)c2cccc(C(F)(F)F)c2)cc1. The molecule has 1 aliphatic rings. The number of hydrogen-bond acceptors (Lipinski definition) is 4. The van der Waals surface area contributed by atoms with Crippen LogP contribution in [0.1, 0.15) is 54.4 Å². The minimum atomic E-state index is -4.78. The van der Waals surface area contributed by atoms with Crippen molar-refractivity contribution in [1.82, 2.24) is 10.2 Å². The molecule has 1 atom stereocenters. The Hall–Kier alpha value is -4.06. The molecule has 0 bridgehead atoms. The fraction of sp³-hybridized carbons (Fsp3) is 0.316. The summed E-state index contributed by atoms with van der Waals surface area (Å²) in [6.07, 6.45) is -0.183. The van der Waals surface area contributed by atoms with Crippen molar-refractivity contribution in [3.8, 4) is 0 Å². The Bertz CT molecular complexity index is 1940. The van der Waals surface area contributed by atoms with Crippen molar-refractivity contribution in [3.63, 3.8) is 0 Å². The number of anilines is 1. The molecule has 0 unspecified atom stereocenters. The summed E-state index contributed by atoms with van der Waals surface area (Å²) in [6, 6.07) is 22.2. The highest BCUT2D eigenvalue weighted by atomic mass is 35.5. The van der Waals surface area contributed by atoms with Gasteiger partial charge in [0.25, 0.3) is 10.0 Å². The van der Waals surface area contributed by atoms with Gasteiger partial charge in [-0.2, -0.15) is 13.2 Å². The van der Waals surface area contributed by atoms with Gasteiger partial charge in [0.05, 0.1) is 26.2 Å². The van der Waals surface area contributed by atoms with Crippen LogP contribution in [0.5, 0.6) is 0 Å². The van der Waals surface area contributed by atoms with E-state index in [0.29, 0.717) is 15.9 Å². The predicted octanol–water partition coefficient (Wildman–Crippen LogP) is 8.60. The maximum Gasteiger partial charge on any atom is 0.416 e. The van der Waals surface area contributed by atoms with Crippen LogP contribution in [-0.4, -0.2) is 43.8 Å². The number of alkyl halides is 3. The molecule has 51 heavy (non-hydrogen) atoms. The van der Waals surface area contributed by atoms with Crippen molar-refractivity contribution in [2.24, 2.45) is 0 Å². The van der Waals surface area contributed by atoms with Gasteiger partial charge in [-0.05, 0) is 73.4 Å². The summed E-state index contributed by atoms with van der Waals surface area (Å²) in [5, 5.41) is 3.60. The second-order valence-corrected chi connectivity index (χ2v) is 15.4. The Morgan fingerprint density at radius 1 is 0.843 bits per heavy atom. The van der Waals surface area contributed by atoms with Gasteiger partial charge in [0.2, 0.25) is 11.8 Å². The van der Waals surface area contributed by atoms with Crippen molar-refractivity contribution in [1.29, 1.82) is 0 Å². The Morgan fingerprint density at radius 2 is 1.53 bits per heavy atom. The molecule has 13 heteroatoms. The molecule has 0 radical (unpaired) electrons. The summed E-state index contributed by atoms with van der Waals surface area (Å²) >= 11 is 12.5. The van der Waals surface area contributed by atoms with Crippen LogP contribution in [0.2, 0.25) is 10.0 Å². The van der Waals surface area contributed by atoms with Crippen molar-refractivity contribution in [2.75, 3.05) is 10.8 Å². The van der Waals surface area contributed by atoms with Crippen molar-refractivity contribution in [2.45, 2.75) is 75.1 Å². The van der Waals surface area contributed by atoms with Crippen molar-refractivity contribution < 1.29 is 31.2 Å². The third-order valence-electron chi connectivity index (χ3n) is 8.91. The highest BCUT2D eigenvalue weighted by Gasteiger charge is 2.37. The van der Waals surface area contributed by atoms with E-state index in [0.717, 1.165) is 55.4 Å². The number of halogens is 5. The van der Waals surface area contributed by atoms with Crippen LogP contribution in [0.3, 0.4) is 0 Å². The highest BCUT2D eigenvalue weighted by molar-refractivity contribution is 7.92. The minimum absolute atomic E-state index is 0.0841. The molecule has 4 aromatic rings. The van der Waals surface area contributed by atoms with E-state index < -0.39 is 46.2 Å². The van der Waals surface area contributed by atoms with E-state index in [1.165, 1.54) is 23.1 Å². The number of sulfonamides is 1. The van der Waals surface area contributed by atoms with E-state index in [4.69, 9.17) is 23.2 Å². The molecule has 4 aromatic carbocycles. The third kappa shape index (κ3) is 9.84. The number of benzene rings is 4. The predicted molar refractivity (Wildman–Crippen MR) is 193 cm³/mol. The third-order valence-corrected chi connectivity index (χ3v) is 11.4. The summed E-state index contributed by atoms with van der Waals surface area (Å²) in [5.41, 5.74) is 0.567. The van der Waals surface area contributed by atoms with Crippen LogP contribution < -0.4 is 9.62 Å². The fourth-order valence-electron chi connectivity index (χ4n) is 6.14. The lowest BCUT2D eigenvalue weighted by Crippen LogP contribution is -2.55. The molecule has 0 saturated heterocycles. The van der Waals surface area contributed by atoms with Crippen LogP contribution in [-0.2, 0) is 38.8 Å². The Labute approximate surface area is 306 Å². The summed E-state index contributed by atoms with van der Waals surface area (Å²) in [4.78, 5) is 30.0. The van der Waals surface area contributed by atoms with Gasteiger partial charge in [0.15, 0.2) is 0 Å². The molecule has 5 rings (SSSR count). The van der Waals surface area contributed by atoms with Gasteiger partial charge in [0, 0.05) is 19.0 Å². The topological polar surface area (TPSA) is 86.8 Å². The number of rotatable bonds is 12. The molecule has 0 heterocycles. The number of amides is 2. The van der Waals surface area contributed by atoms with Gasteiger partial charge in [-0.1, -0.05) is 103 Å². The monoisotopic (exact) mass is 759 g/mol. The lowest BCUT2D eigenvalue weighted by molar-refractivity contribution is -0.140. The minimum Gasteiger partial charge on any atom is -0.352 e. The number of nitrogens with one attached hydrogen (secondary N) is 1. The second-order valence-electron chi connectivity index (χ2n) is 12.7. The van der Waals surface area contributed by atoms with Gasteiger partial charge in [0.1, 0.15) is 12.6 Å². The van der Waals surface area contributed by atoms with Gasteiger partial charge in [-0.3, -0.25) is 13.9 Å². The average Bonchev–Trinajstić information content (AvgIpc) is 3.10. The van der Waals surface area contributed by atoms with Crippen LogP contribution in [0, 0.1) is 6.92 Å². The average molecular weight is 761 g/mol. The van der Waals surface area contributed by atoms with E-state index in [-0.39, 0.29) is 39.6 Å². The summed E-state index contributed by atoms with van der Waals surface area (Å²) in [5.74, 6) is -1.24. The lowest BCUT2D eigenvalue weighted by Gasteiger charge is -2.35. The van der Waals surface area contributed by atoms with E-state index >= 15 is 0 Å². The molecule has 1 aliphatic carbocycles. The van der Waals surface area contributed by atoms with Crippen LogP contribution >= 0.6 is 23.2 Å². The number of nitrogens with zero attached hydrogens (tertiary/aromatic N) is 2. The number of aryl methyl sites for hydroxylation is 1. The molecule has 7 nitrogen and oxygen atoms in total. The first kappa shape index (κ1) is 38.2. The largest absolute Gasteiger partial charge is 0.416 e. The Morgan fingerprint density at radius 3 is 2.18 bits per heavy atom. The first-order valence-corrected chi connectivity index (χ1v) is 18.8. The molecule has 0 spiro atoms. The van der Waals surface area contributed by atoms with Crippen molar-refractivity contribution >= 4 is 50.7 Å². The molecule has 270 valence electrons. The summed E-state index contributed by atoms with van der Waals surface area (Å²) in [7, 11) is -4.60. The van der Waals surface area contributed by atoms with Gasteiger partial charge in [-0.15, -0.1) is 0 Å². The maximum atomic E-state index is 14.7. The maximum absolute atomic E-state index is 14.7. The lowest BCUT2D eigenvalue weighted by atomic mass is 9.94. The Kier molecular flexibility index (Phi) is 12.4. The van der Waals surface area contributed by atoms with E-state index in [2.05, 4.69) is 5.32 Å². The smallest absolute Gasteiger partial charge is 0.352 e. The zero-order valence-electron chi connectivity index (χ0n) is 27.9. The van der Waals surface area contributed by atoms with E-state index in [1.807, 2.05) is 18.2 Å². The highest BCUT2D eigenvalue weighted by Crippen LogP contribution is 2.34. The normalized spacial score (nSPS) is 14.5. The number of hydrogen-bond donors (Lipinski definition) is 1. The summed E-state index contributed by atoms with van der Waals surface area (Å²) in [6.45, 7) is 0.684. The van der Waals surface area contributed by atoms with E-state index in [9.17, 15) is 31.2 Å². The van der Waals surface area contributed by atoms with Gasteiger partial charge in [-0.25, -0.2) is 8.42 Å². The molecule has 0 aromatic heterocycles. The van der Waals surface area contributed by atoms with Crippen LogP contribution in [0.15, 0.2) is 102 Å². The first-order chi connectivity index (χ1) is 24.2. The fourth-order valence-corrected chi connectivity index (χ4v) is 7.86.